The van der Waals surface area contributed by atoms with Crippen LogP contribution in [-0.2, 0) is 4.79 Å². The molecule has 1 fully saturated rings. The Morgan fingerprint density at radius 1 is 1.19 bits per heavy atom. The van der Waals surface area contributed by atoms with Crippen LogP contribution in [-0.4, -0.2) is 28.9 Å². The van der Waals surface area contributed by atoms with Gasteiger partial charge in [0.15, 0.2) is 0 Å². The van der Waals surface area contributed by atoms with Crippen LogP contribution in [0.3, 0.4) is 0 Å². The summed E-state index contributed by atoms with van der Waals surface area (Å²) in [5.41, 5.74) is 7.14. The first-order chi connectivity index (χ1) is 15.1. The Balaban J connectivity index is 1.75. The van der Waals surface area contributed by atoms with Crippen molar-refractivity contribution in [2.75, 3.05) is 11.4 Å². The molecule has 0 saturated carbocycles. The zero-order valence-electron chi connectivity index (χ0n) is 18.0. The average Bonchev–Trinajstić information content (AvgIpc) is 3.22. The minimum absolute atomic E-state index is 0.138. The van der Waals surface area contributed by atoms with Gasteiger partial charge in [-0.15, -0.1) is 0 Å². The molecule has 1 aliphatic heterocycles. The second-order valence-electron chi connectivity index (χ2n) is 7.94. The molecule has 1 aromatic heterocycles. The van der Waals surface area contributed by atoms with Crippen LogP contribution in [0.5, 0.6) is 0 Å². The minimum Gasteiger partial charge on any atom is -0.411 e. The molecule has 5 nitrogen and oxygen atoms in total. The molecule has 0 spiro atoms. The average molecular weight is 414 g/mol. The third-order valence-electron chi connectivity index (χ3n) is 6.00. The van der Waals surface area contributed by atoms with Crippen LogP contribution in [0, 0.1) is 6.92 Å². The Bertz CT molecular complexity index is 1110. The normalized spacial score (nSPS) is 15.0. The number of aryl methyl sites for hydroxylation is 1. The second kappa shape index (κ2) is 9.13. The van der Waals surface area contributed by atoms with Gasteiger partial charge in [0.2, 0.25) is 5.91 Å². The van der Waals surface area contributed by atoms with E-state index in [4.69, 9.17) is 0 Å². The number of anilines is 1. The number of benzene rings is 2. The fourth-order valence-corrected chi connectivity index (χ4v) is 4.50. The maximum atomic E-state index is 12.1. The van der Waals surface area contributed by atoms with Crippen LogP contribution in [0.1, 0.15) is 54.5 Å². The van der Waals surface area contributed by atoms with Crippen LogP contribution in [0.4, 0.5) is 5.69 Å². The summed E-state index contributed by atoms with van der Waals surface area (Å²) in [4.78, 5) is 18.2. The van der Waals surface area contributed by atoms with E-state index >= 15 is 0 Å². The van der Waals surface area contributed by atoms with E-state index in [1.165, 1.54) is 11.8 Å². The number of nitrogens with zero attached hydrogens (tertiary/aromatic N) is 3. The molecule has 0 aliphatic carbocycles. The van der Waals surface area contributed by atoms with Gasteiger partial charge in [0.1, 0.15) is 0 Å². The summed E-state index contributed by atoms with van der Waals surface area (Å²) in [6.45, 7) is 4.92. The summed E-state index contributed by atoms with van der Waals surface area (Å²) in [7, 11) is 0. The van der Waals surface area contributed by atoms with Crippen molar-refractivity contribution in [1.82, 2.24) is 4.98 Å². The molecule has 3 aromatic rings. The lowest BCUT2D eigenvalue weighted by Crippen LogP contribution is -2.23. The van der Waals surface area contributed by atoms with Crippen molar-refractivity contribution < 1.29 is 10.0 Å². The first-order valence-electron chi connectivity index (χ1n) is 10.8. The number of carbonyl (C=O) groups is 1. The molecule has 0 radical (unpaired) electrons. The lowest BCUT2D eigenvalue weighted by molar-refractivity contribution is -0.117. The molecule has 2 aromatic carbocycles. The molecule has 1 amide bonds. The quantitative estimate of drug-likeness (QED) is 0.328. The van der Waals surface area contributed by atoms with Gasteiger partial charge in [-0.05, 0) is 66.3 Å². The third-order valence-corrected chi connectivity index (χ3v) is 6.00. The van der Waals surface area contributed by atoms with E-state index in [1.54, 1.807) is 6.20 Å². The van der Waals surface area contributed by atoms with E-state index in [9.17, 15) is 10.0 Å². The van der Waals surface area contributed by atoms with Crippen LogP contribution in [0.25, 0.3) is 11.1 Å². The van der Waals surface area contributed by atoms with Crippen molar-refractivity contribution in [3.05, 3.63) is 83.2 Å². The zero-order chi connectivity index (χ0) is 21.8. The van der Waals surface area contributed by atoms with Crippen molar-refractivity contribution in [2.45, 2.75) is 39.0 Å². The van der Waals surface area contributed by atoms with Crippen LogP contribution >= 0.6 is 0 Å². The summed E-state index contributed by atoms with van der Waals surface area (Å²) in [6, 6.07) is 18.5. The maximum Gasteiger partial charge on any atom is 0.227 e. The molecule has 1 N–H and O–H groups in total. The van der Waals surface area contributed by atoms with Gasteiger partial charge >= 0.3 is 0 Å². The monoisotopic (exact) mass is 413 g/mol. The first kappa shape index (κ1) is 20.8. The molecular weight excluding hydrogens is 386 g/mol. The van der Waals surface area contributed by atoms with E-state index in [0.29, 0.717) is 6.42 Å². The Morgan fingerprint density at radius 2 is 2.00 bits per heavy atom. The Morgan fingerprint density at radius 3 is 2.65 bits per heavy atom. The summed E-state index contributed by atoms with van der Waals surface area (Å²) < 4.78 is 0. The largest absolute Gasteiger partial charge is 0.411 e. The number of rotatable bonds is 6. The number of amides is 1. The SMILES string of the molecule is CC[C@H](c1ccc(N2CCCC2=O)cc1)c1cccc(-c2ccnc(C)c2)c1/C=N/O. The number of pyridine rings is 1. The van der Waals surface area contributed by atoms with Gasteiger partial charge in [-0.1, -0.05) is 42.4 Å². The number of carbonyl (C=O) groups excluding carboxylic acids is 1. The Hall–Kier alpha value is -3.47. The summed E-state index contributed by atoms with van der Waals surface area (Å²) in [5, 5.41) is 12.8. The molecule has 5 heteroatoms. The van der Waals surface area contributed by atoms with Crippen molar-refractivity contribution in [3.8, 4) is 11.1 Å². The lowest BCUT2D eigenvalue weighted by Gasteiger charge is -2.22. The molecule has 1 aliphatic rings. The van der Waals surface area contributed by atoms with Crippen LogP contribution < -0.4 is 4.90 Å². The Kier molecular flexibility index (Phi) is 6.12. The van der Waals surface area contributed by atoms with Crippen molar-refractivity contribution >= 4 is 17.8 Å². The number of hydrogen-bond acceptors (Lipinski definition) is 4. The summed E-state index contributed by atoms with van der Waals surface area (Å²) in [5.74, 6) is 0.334. The minimum atomic E-state index is 0.138. The molecule has 1 atom stereocenters. The second-order valence-corrected chi connectivity index (χ2v) is 7.94. The molecule has 2 heterocycles. The molecule has 31 heavy (non-hydrogen) atoms. The fraction of sp³-hybridized carbons (Fsp3) is 0.269. The molecular formula is C26H27N3O2. The highest BCUT2D eigenvalue weighted by Crippen LogP contribution is 2.35. The predicted molar refractivity (Wildman–Crippen MR) is 124 cm³/mol. The standard InChI is InChI=1S/C26H27N3O2/c1-3-22(19-9-11-21(12-10-19)29-15-5-8-26(29)30)24-7-4-6-23(25(24)17-28-31)20-13-14-27-18(2)16-20/h4,6-7,9-14,16-17,22,31H,3,5,8,15H2,1-2H3/b28-17+/t22-/m1/s1. The van der Waals surface area contributed by atoms with Crippen molar-refractivity contribution in [3.63, 3.8) is 0 Å². The predicted octanol–water partition coefficient (Wildman–Crippen LogP) is 5.53. The van der Waals surface area contributed by atoms with E-state index in [-0.39, 0.29) is 11.8 Å². The fourth-order valence-electron chi connectivity index (χ4n) is 4.50. The summed E-state index contributed by atoms with van der Waals surface area (Å²) in [6.07, 6.45) is 5.77. The molecule has 1 saturated heterocycles. The van der Waals surface area contributed by atoms with Gasteiger partial charge in [0, 0.05) is 42.0 Å². The van der Waals surface area contributed by atoms with E-state index < -0.39 is 0 Å². The van der Waals surface area contributed by atoms with Gasteiger partial charge in [0.25, 0.3) is 0 Å². The summed E-state index contributed by atoms with van der Waals surface area (Å²) >= 11 is 0. The van der Waals surface area contributed by atoms with E-state index in [0.717, 1.165) is 53.0 Å². The van der Waals surface area contributed by atoms with Crippen molar-refractivity contribution in [2.24, 2.45) is 5.16 Å². The van der Waals surface area contributed by atoms with Crippen LogP contribution in [0.2, 0.25) is 0 Å². The Labute approximate surface area is 183 Å². The van der Waals surface area contributed by atoms with E-state index in [1.807, 2.05) is 42.2 Å². The number of aromatic nitrogens is 1. The number of hydrogen-bond donors (Lipinski definition) is 1. The molecule has 158 valence electrons. The van der Waals surface area contributed by atoms with Gasteiger partial charge in [-0.3, -0.25) is 9.78 Å². The number of oxime groups is 1. The van der Waals surface area contributed by atoms with E-state index in [2.05, 4.69) is 41.3 Å². The van der Waals surface area contributed by atoms with Crippen molar-refractivity contribution in [1.29, 1.82) is 0 Å². The lowest BCUT2D eigenvalue weighted by atomic mass is 9.83. The molecule has 0 bridgehead atoms. The van der Waals surface area contributed by atoms with Gasteiger partial charge in [-0.25, -0.2) is 0 Å². The highest BCUT2D eigenvalue weighted by atomic mass is 16.4. The first-order valence-corrected chi connectivity index (χ1v) is 10.8. The zero-order valence-corrected chi connectivity index (χ0v) is 18.0. The van der Waals surface area contributed by atoms with Gasteiger partial charge in [0.05, 0.1) is 6.21 Å². The smallest absolute Gasteiger partial charge is 0.227 e. The molecule has 4 rings (SSSR count). The van der Waals surface area contributed by atoms with Gasteiger partial charge < -0.3 is 10.1 Å². The van der Waals surface area contributed by atoms with Gasteiger partial charge in [-0.2, -0.15) is 0 Å². The molecule has 0 unspecified atom stereocenters. The maximum absolute atomic E-state index is 12.1. The third kappa shape index (κ3) is 4.22. The topological polar surface area (TPSA) is 65.8 Å². The highest BCUT2D eigenvalue weighted by Gasteiger charge is 2.23. The van der Waals surface area contributed by atoms with Crippen LogP contribution in [0.15, 0.2) is 65.9 Å². The highest BCUT2D eigenvalue weighted by molar-refractivity contribution is 5.95.